The summed E-state index contributed by atoms with van der Waals surface area (Å²) in [6.45, 7) is 4.22. The molecule has 2 nitrogen and oxygen atoms in total. The topological polar surface area (TPSA) is 26.3 Å². The van der Waals surface area contributed by atoms with E-state index >= 15 is 0 Å². The van der Waals surface area contributed by atoms with Crippen LogP contribution in [0.25, 0.3) is 22.3 Å². The Hall–Kier alpha value is -2.87. The van der Waals surface area contributed by atoms with E-state index in [-0.39, 0.29) is 12.1 Å². The zero-order chi connectivity index (χ0) is 21.2. The summed E-state index contributed by atoms with van der Waals surface area (Å²) in [6.07, 6.45) is 6.91. The molecule has 156 valence electrons. The zero-order valence-corrected chi connectivity index (χ0v) is 18.1. The molecule has 0 aliphatic heterocycles. The lowest BCUT2D eigenvalue weighted by Gasteiger charge is -2.16. The smallest absolute Gasteiger partial charge is 0.339 e. The average molecular weight is 401 g/mol. The Labute approximate surface area is 180 Å². The molecule has 0 spiro atoms. The highest BCUT2D eigenvalue weighted by Crippen LogP contribution is 2.30. The number of carbonyl (C=O) groups excluding carboxylic acids is 1. The summed E-state index contributed by atoms with van der Waals surface area (Å²) < 4.78 is 5.86. The van der Waals surface area contributed by atoms with E-state index in [0.29, 0.717) is 5.56 Å². The van der Waals surface area contributed by atoms with E-state index in [1.54, 1.807) is 0 Å². The van der Waals surface area contributed by atoms with Crippen LogP contribution in [0.15, 0.2) is 78.9 Å². The molecular weight excluding hydrogens is 368 g/mol. The van der Waals surface area contributed by atoms with Crippen LogP contribution in [-0.4, -0.2) is 12.1 Å². The highest BCUT2D eigenvalue weighted by molar-refractivity contribution is 5.99. The standard InChI is InChI=1S/C28H32O2/c1-3-4-5-6-9-14-22(2)30-28(29)27-21-25(23-15-10-7-11-16-23)19-20-26(27)24-17-12-8-13-18-24/h7-8,10-13,15-22H,3-6,9,14H2,1-2H3. The number of esters is 1. The third-order valence-corrected chi connectivity index (χ3v) is 5.45. The number of hydrogen-bond acceptors (Lipinski definition) is 2. The maximum atomic E-state index is 13.1. The van der Waals surface area contributed by atoms with Crippen LogP contribution >= 0.6 is 0 Å². The van der Waals surface area contributed by atoms with E-state index in [1.165, 1.54) is 25.7 Å². The molecule has 0 radical (unpaired) electrons. The average Bonchev–Trinajstić information content (AvgIpc) is 2.79. The van der Waals surface area contributed by atoms with Crippen LogP contribution in [-0.2, 0) is 4.74 Å². The molecule has 3 aromatic rings. The van der Waals surface area contributed by atoms with Crippen LogP contribution in [0.4, 0.5) is 0 Å². The molecule has 0 aliphatic rings. The zero-order valence-electron chi connectivity index (χ0n) is 18.1. The van der Waals surface area contributed by atoms with Gasteiger partial charge in [-0.15, -0.1) is 0 Å². The highest BCUT2D eigenvalue weighted by atomic mass is 16.5. The third kappa shape index (κ3) is 6.06. The predicted octanol–water partition coefficient (Wildman–Crippen LogP) is 7.93. The Balaban J connectivity index is 1.80. The van der Waals surface area contributed by atoms with Gasteiger partial charge in [0.25, 0.3) is 0 Å². The van der Waals surface area contributed by atoms with E-state index in [9.17, 15) is 4.79 Å². The Morgan fingerprint density at radius 3 is 2.07 bits per heavy atom. The summed E-state index contributed by atoms with van der Waals surface area (Å²) in [5.41, 5.74) is 4.68. The van der Waals surface area contributed by atoms with Crippen LogP contribution in [0.2, 0.25) is 0 Å². The molecule has 0 amide bonds. The summed E-state index contributed by atoms with van der Waals surface area (Å²) in [5.74, 6) is -0.243. The molecule has 0 bridgehead atoms. The third-order valence-electron chi connectivity index (χ3n) is 5.45. The van der Waals surface area contributed by atoms with Gasteiger partial charge in [-0.2, -0.15) is 0 Å². The molecule has 1 unspecified atom stereocenters. The minimum atomic E-state index is -0.243. The summed E-state index contributed by atoms with van der Waals surface area (Å²) in [6, 6.07) is 26.3. The van der Waals surface area contributed by atoms with Gasteiger partial charge in [-0.05, 0) is 48.1 Å². The SMILES string of the molecule is CCCCCCCC(C)OC(=O)c1cc(-c2ccccc2)ccc1-c1ccccc1. The maximum absolute atomic E-state index is 13.1. The van der Waals surface area contributed by atoms with Crippen LogP contribution in [0, 0.1) is 0 Å². The molecular formula is C28H32O2. The van der Waals surface area contributed by atoms with Crippen molar-refractivity contribution in [2.75, 3.05) is 0 Å². The van der Waals surface area contributed by atoms with E-state index in [2.05, 4.69) is 25.1 Å². The van der Waals surface area contributed by atoms with Crippen LogP contribution in [0.5, 0.6) is 0 Å². The summed E-state index contributed by atoms with van der Waals surface area (Å²) in [5, 5.41) is 0. The second kappa shape index (κ2) is 11.3. The summed E-state index contributed by atoms with van der Waals surface area (Å²) in [7, 11) is 0. The van der Waals surface area contributed by atoms with Crippen molar-refractivity contribution in [1.29, 1.82) is 0 Å². The van der Waals surface area contributed by atoms with E-state index in [1.807, 2.05) is 67.6 Å². The first-order valence-corrected chi connectivity index (χ1v) is 11.1. The van der Waals surface area contributed by atoms with Crippen molar-refractivity contribution in [3.8, 4) is 22.3 Å². The number of hydrogen-bond donors (Lipinski definition) is 0. The molecule has 3 rings (SSSR count). The van der Waals surface area contributed by atoms with Gasteiger partial charge in [0.05, 0.1) is 11.7 Å². The Bertz CT molecular complexity index is 916. The van der Waals surface area contributed by atoms with Crippen molar-refractivity contribution in [3.63, 3.8) is 0 Å². The van der Waals surface area contributed by atoms with Crippen LogP contribution in [0.1, 0.15) is 62.7 Å². The lowest BCUT2D eigenvalue weighted by Crippen LogP contribution is -2.16. The molecule has 0 aliphatic carbocycles. The van der Waals surface area contributed by atoms with Crippen molar-refractivity contribution >= 4 is 5.97 Å². The predicted molar refractivity (Wildman–Crippen MR) is 126 cm³/mol. The van der Waals surface area contributed by atoms with Gasteiger partial charge >= 0.3 is 5.97 Å². The Morgan fingerprint density at radius 2 is 1.40 bits per heavy atom. The highest BCUT2D eigenvalue weighted by Gasteiger charge is 2.18. The second-order valence-electron chi connectivity index (χ2n) is 7.91. The fraction of sp³-hybridized carbons (Fsp3) is 0.321. The molecule has 0 heterocycles. The molecule has 0 aromatic heterocycles. The van der Waals surface area contributed by atoms with E-state index in [4.69, 9.17) is 4.74 Å². The van der Waals surface area contributed by atoms with Gasteiger partial charge in [-0.3, -0.25) is 0 Å². The molecule has 0 N–H and O–H groups in total. The number of benzene rings is 3. The minimum absolute atomic E-state index is 0.0804. The van der Waals surface area contributed by atoms with E-state index in [0.717, 1.165) is 35.1 Å². The molecule has 3 aromatic carbocycles. The molecule has 0 saturated carbocycles. The number of carbonyl (C=O) groups is 1. The second-order valence-corrected chi connectivity index (χ2v) is 7.91. The fourth-order valence-electron chi connectivity index (χ4n) is 3.73. The van der Waals surface area contributed by atoms with Crippen molar-refractivity contribution in [1.82, 2.24) is 0 Å². The fourth-order valence-corrected chi connectivity index (χ4v) is 3.73. The molecule has 0 saturated heterocycles. The number of unbranched alkanes of at least 4 members (excludes halogenated alkanes) is 4. The van der Waals surface area contributed by atoms with Crippen LogP contribution in [0.3, 0.4) is 0 Å². The lowest BCUT2D eigenvalue weighted by atomic mass is 9.95. The first kappa shape index (κ1) is 21.8. The minimum Gasteiger partial charge on any atom is -0.459 e. The normalized spacial score (nSPS) is 11.8. The number of ether oxygens (including phenoxy) is 1. The quantitative estimate of drug-likeness (QED) is 0.255. The Morgan fingerprint density at radius 1 is 0.767 bits per heavy atom. The van der Waals surface area contributed by atoms with Gasteiger partial charge in [0.1, 0.15) is 0 Å². The van der Waals surface area contributed by atoms with Gasteiger partial charge < -0.3 is 4.74 Å². The summed E-state index contributed by atoms with van der Waals surface area (Å²) >= 11 is 0. The van der Waals surface area contributed by atoms with Crippen molar-refractivity contribution in [2.45, 2.75) is 58.5 Å². The first-order valence-electron chi connectivity index (χ1n) is 11.1. The monoisotopic (exact) mass is 400 g/mol. The molecule has 1 atom stereocenters. The van der Waals surface area contributed by atoms with Crippen LogP contribution < -0.4 is 0 Å². The largest absolute Gasteiger partial charge is 0.459 e. The lowest BCUT2D eigenvalue weighted by molar-refractivity contribution is 0.0320. The van der Waals surface area contributed by atoms with Gasteiger partial charge in [-0.1, -0.05) is 105 Å². The Kier molecular flexibility index (Phi) is 8.26. The van der Waals surface area contributed by atoms with E-state index < -0.39 is 0 Å². The van der Waals surface area contributed by atoms with Gasteiger partial charge in [0.2, 0.25) is 0 Å². The van der Waals surface area contributed by atoms with Crippen molar-refractivity contribution in [2.24, 2.45) is 0 Å². The maximum Gasteiger partial charge on any atom is 0.339 e. The van der Waals surface area contributed by atoms with Crippen molar-refractivity contribution in [3.05, 3.63) is 84.4 Å². The first-order chi connectivity index (χ1) is 14.7. The summed E-state index contributed by atoms with van der Waals surface area (Å²) in [4.78, 5) is 13.1. The van der Waals surface area contributed by atoms with Crippen molar-refractivity contribution < 1.29 is 9.53 Å². The van der Waals surface area contributed by atoms with Gasteiger partial charge in [0.15, 0.2) is 0 Å². The number of rotatable bonds is 10. The molecule has 0 fully saturated rings. The molecule has 30 heavy (non-hydrogen) atoms. The molecule has 2 heteroatoms. The van der Waals surface area contributed by atoms with Gasteiger partial charge in [0, 0.05) is 0 Å². The van der Waals surface area contributed by atoms with Gasteiger partial charge in [-0.25, -0.2) is 4.79 Å².